The predicted octanol–water partition coefficient (Wildman–Crippen LogP) is 6.07. The minimum Gasteiger partial charge on any atom is -0.331 e. The molecule has 0 bridgehead atoms. The van der Waals surface area contributed by atoms with E-state index in [0.29, 0.717) is 0 Å². The van der Waals surface area contributed by atoms with Gasteiger partial charge in [0.25, 0.3) is 0 Å². The van der Waals surface area contributed by atoms with Gasteiger partial charge in [0.2, 0.25) is 0 Å². The van der Waals surface area contributed by atoms with E-state index in [1.54, 1.807) is 0 Å². The molecule has 2 nitrogen and oxygen atoms in total. The van der Waals surface area contributed by atoms with E-state index in [9.17, 15) is 0 Å². The van der Waals surface area contributed by atoms with Crippen molar-refractivity contribution in [3.63, 3.8) is 0 Å². The van der Waals surface area contributed by atoms with Crippen LogP contribution in [-0.2, 0) is 0 Å². The summed E-state index contributed by atoms with van der Waals surface area (Å²) >= 11 is 11.6. The van der Waals surface area contributed by atoms with Gasteiger partial charge in [-0.1, -0.05) is 85.1 Å². The van der Waals surface area contributed by atoms with Crippen molar-refractivity contribution in [2.45, 2.75) is 6.42 Å². The van der Waals surface area contributed by atoms with Crippen LogP contribution >= 0.6 is 24.4 Å². The van der Waals surface area contributed by atoms with Crippen LogP contribution in [0.4, 0.5) is 11.4 Å². The molecule has 0 atom stereocenters. The molecule has 0 aliphatic carbocycles. The number of nitrogens with zero attached hydrogens (tertiary/aromatic N) is 2. The minimum atomic E-state index is 0.887. The maximum absolute atomic E-state index is 5.82. The summed E-state index contributed by atoms with van der Waals surface area (Å²) in [6.07, 6.45) is 0.981. The zero-order valence-corrected chi connectivity index (χ0v) is 17.4. The Morgan fingerprint density at radius 3 is 1.41 bits per heavy atom. The van der Waals surface area contributed by atoms with E-state index in [4.69, 9.17) is 24.4 Å². The van der Waals surface area contributed by atoms with Crippen LogP contribution in [0.25, 0.3) is 21.5 Å². The van der Waals surface area contributed by atoms with Crippen LogP contribution in [0.1, 0.15) is 17.5 Å². The summed E-state index contributed by atoms with van der Waals surface area (Å²) in [6, 6.07) is 25.7. The zero-order valence-electron chi connectivity index (χ0n) is 15.8. The van der Waals surface area contributed by atoms with Crippen LogP contribution in [0, 0.1) is 0 Å². The Hall–Kier alpha value is -2.82. The van der Waals surface area contributed by atoms with Crippen molar-refractivity contribution in [2.75, 3.05) is 22.9 Å². The molecule has 0 aromatic heterocycles. The second-order valence-corrected chi connectivity index (χ2v) is 8.40. The first-order valence-electron chi connectivity index (χ1n) is 9.91. The molecule has 4 aromatic carbocycles. The average Bonchev–Trinajstić information content (AvgIpc) is 3.19. The van der Waals surface area contributed by atoms with Crippen LogP contribution in [0.15, 0.2) is 72.8 Å². The number of anilines is 2. The molecule has 0 radical (unpaired) electrons. The molecule has 0 N–H and O–H groups in total. The van der Waals surface area contributed by atoms with E-state index >= 15 is 0 Å². The van der Waals surface area contributed by atoms with Gasteiger partial charge in [0.15, 0.2) is 0 Å². The van der Waals surface area contributed by atoms with Gasteiger partial charge in [-0.3, -0.25) is 0 Å². The van der Waals surface area contributed by atoms with Crippen molar-refractivity contribution in [2.24, 2.45) is 0 Å². The largest absolute Gasteiger partial charge is 0.331 e. The standard InChI is InChI=1S/C25H18N2S2/c28-24-18-10-1-6-16-8-3-12-20(22(16)18)26(24)14-5-15-27-21-13-4-9-17-7-2-11-19(23(17)21)25(27)29/h1-4,6-13H,5,14-15H2. The lowest BCUT2D eigenvalue weighted by molar-refractivity contribution is 0.829. The summed E-state index contributed by atoms with van der Waals surface area (Å²) in [5, 5.41) is 5.09. The molecule has 140 valence electrons. The lowest BCUT2D eigenvalue weighted by Gasteiger charge is -2.24. The van der Waals surface area contributed by atoms with E-state index in [1.165, 1.54) is 44.0 Å². The smallest absolute Gasteiger partial charge is 0.114 e. The highest BCUT2D eigenvalue weighted by Gasteiger charge is 2.28. The zero-order chi connectivity index (χ0) is 19.5. The number of hydrogen-bond donors (Lipinski definition) is 0. The molecule has 29 heavy (non-hydrogen) atoms. The molecule has 0 saturated heterocycles. The van der Waals surface area contributed by atoms with Gasteiger partial charge < -0.3 is 9.80 Å². The van der Waals surface area contributed by atoms with E-state index in [2.05, 4.69) is 82.6 Å². The first-order valence-corrected chi connectivity index (χ1v) is 10.7. The average molecular weight is 411 g/mol. The minimum absolute atomic E-state index is 0.887. The van der Waals surface area contributed by atoms with Gasteiger partial charge in [0.1, 0.15) is 9.98 Å². The third kappa shape index (κ3) is 2.39. The summed E-state index contributed by atoms with van der Waals surface area (Å²) in [5.74, 6) is 0. The maximum atomic E-state index is 5.82. The Kier molecular flexibility index (Phi) is 3.73. The van der Waals surface area contributed by atoms with E-state index in [-0.39, 0.29) is 0 Å². The Balaban J connectivity index is 1.26. The lowest BCUT2D eigenvalue weighted by Crippen LogP contribution is -2.32. The summed E-state index contributed by atoms with van der Waals surface area (Å²) < 4.78 is 0. The number of hydrogen-bond acceptors (Lipinski definition) is 2. The SMILES string of the molecule is S=C1c2cccc3cccc(c23)N1CCCN1C(=S)c2cccc3cccc1c23. The summed E-state index contributed by atoms with van der Waals surface area (Å²) in [4.78, 5) is 6.46. The fourth-order valence-corrected chi connectivity index (χ4v) is 5.51. The lowest BCUT2D eigenvalue weighted by atomic mass is 10.1. The first-order chi connectivity index (χ1) is 14.2. The van der Waals surface area contributed by atoms with E-state index < -0.39 is 0 Å². The molecule has 4 aromatic rings. The first kappa shape index (κ1) is 17.1. The van der Waals surface area contributed by atoms with Crippen LogP contribution in [0.2, 0.25) is 0 Å². The van der Waals surface area contributed by atoms with Crippen LogP contribution in [0.3, 0.4) is 0 Å². The highest BCUT2D eigenvalue weighted by Crippen LogP contribution is 2.39. The van der Waals surface area contributed by atoms with Crippen molar-refractivity contribution in [3.8, 4) is 0 Å². The Morgan fingerprint density at radius 1 is 0.552 bits per heavy atom. The summed E-state index contributed by atoms with van der Waals surface area (Å²) in [5.41, 5.74) is 4.83. The van der Waals surface area contributed by atoms with Crippen LogP contribution in [0.5, 0.6) is 0 Å². The maximum Gasteiger partial charge on any atom is 0.114 e. The molecule has 2 aliphatic rings. The molecule has 6 rings (SSSR count). The second kappa shape index (κ2) is 6.34. The Morgan fingerprint density at radius 2 is 0.966 bits per heavy atom. The number of benzene rings is 4. The monoisotopic (exact) mass is 410 g/mol. The Bertz CT molecular complexity index is 1230. The van der Waals surface area contributed by atoms with Gasteiger partial charge in [-0.15, -0.1) is 0 Å². The molecule has 0 fully saturated rings. The second-order valence-electron chi connectivity index (χ2n) is 7.63. The molecular formula is C25H18N2S2. The molecule has 0 saturated carbocycles. The van der Waals surface area contributed by atoms with Gasteiger partial charge in [0.05, 0.1) is 11.4 Å². The molecule has 0 unspecified atom stereocenters. The highest BCUT2D eigenvalue weighted by molar-refractivity contribution is 7.81. The third-order valence-electron chi connectivity index (χ3n) is 6.06. The fourth-order valence-electron chi connectivity index (χ4n) is 4.79. The predicted molar refractivity (Wildman–Crippen MR) is 131 cm³/mol. The van der Waals surface area contributed by atoms with Crippen molar-refractivity contribution in [3.05, 3.63) is 83.9 Å². The van der Waals surface area contributed by atoms with E-state index in [1.807, 2.05) is 0 Å². The van der Waals surface area contributed by atoms with Crippen molar-refractivity contribution >= 4 is 67.3 Å². The van der Waals surface area contributed by atoms with Crippen molar-refractivity contribution < 1.29 is 0 Å². The number of thiocarbonyl (C=S) groups is 2. The molecule has 2 heterocycles. The van der Waals surface area contributed by atoms with Crippen LogP contribution < -0.4 is 9.80 Å². The summed E-state index contributed by atoms with van der Waals surface area (Å²) in [7, 11) is 0. The fraction of sp³-hybridized carbons (Fsp3) is 0.120. The van der Waals surface area contributed by atoms with Crippen LogP contribution in [-0.4, -0.2) is 23.1 Å². The number of rotatable bonds is 4. The summed E-state index contributed by atoms with van der Waals surface area (Å²) in [6.45, 7) is 1.77. The highest BCUT2D eigenvalue weighted by atomic mass is 32.1. The molecule has 4 heteroatoms. The quantitative estimate of drug-likeness (QED) is 0.376. The van der Waals surface area contributed by atoms with Gasteiger partial charge in [-0.25, -0.2) is 0 Å². The van der Waals surface area contributed by atoms with Crippen molar-refractivity contribution in [1.29, 1.82) is 0 Å². The van der Waals surface area contributed by atoms with Gasteiger partial charge in [-0.2, -0.15) is 0 Å². The Labute approximate surface area is 180 Å². The molecular weight excluding hydrogens is 392 g/mol. The normalized spacial score (nSPS) is 14.6. The third-order valence-corrected chi connectivity index (χ3v) is 6.94. The van der Waals surface area contributed by atoms with E-state index in [0.717, 1.165) is 29.5 Å². The van der Waals surface area contributed by atoms with Gasteiger partial charge in [-0.05, 0) is 29.3 Å². The topological polar surface area (TPSA) is 6.48 Å². The van der Waals surface area contributed by atoms with Gasteiger partial charge in [0, 0.05) is 35.0 Å². The van der Waals surface area contributed by atoms with Gasteiger partial charge >= 0.3 is 0 Å². The molecule has 2 aliphatic heterocycles. The molecule has 0 amide bonds. The van der Waals surface area contributed by atoms with Crippen molar-refractivity contribution in [1.82, 2.24) is 0 Å². The molecule has 0 spiro atoms.